The molecular weight excluding hydrogens is 190 g/mol. The normalized spacial score (nSPS) is 31.4. The summed E-state index contributed by atoms with van der Waals surface area (Å²) in [6, 6.07) is 0.301. The monoisotopic (exact) mass is 213 g/mol. The molecule has 1 N–H and O–H groups in total. The van der Waals surface area contributed by atoms with Gasteiger partial charge in [-0.3, -0.25) is 0 Å². The highest BCUT2D eigenvalue weighted by Gasteiger charge is 2.25. The van der Waals surface area contributed by atoms with Gasteiger partial charge in [0.05, 0.1) is 6.10 Å². The maximum atomic E-state index is 11.4. The molecule has 2 unspecified atom stereocenters. The molecule has 1 amide bonds. The van der Waals surface area contributed by atoms with Crippen LogP contribution < -0.4 is 5.32 Å². The highest BCUT2D eigenvalue weighted by atomic mass is 16.6. The summed E-state index contributed by atoms with van der Waals surface area (Å²) in [6.07, 6.45) is 3.13. The van der Waals surface area contributed by atoms with E-state index in [-0.39, 0.29) is 12.2 Å². The van der Waals surface area contributed by atoms with Crippen LogP contribution in [0.25, 0.3) is 0 Å². The number of hydrogen-bond acceptors (Lipinski definition) is 2. The summed E-state index contributed by atoms with van der Waals surface area (Å²) < 4.78 is 5.07. The molecule has 0 saturated heterocycles. The Hall–Kier alpha value is -0.730. The average Bonchev–Trinajstić information content (AvgIpc) is 1.98. The Balaban J connectivity index is 2.34. The van der Waals surface area contributed by atoms with Gasteiger partial charge in [-0.25, -0.2) is 4.79 Å². The lowest BCUT2D eigenvalue weighted by molar-refractivity contribution is 0.106. The fraction of sp³-hybridized carbons (Fsp3) is 0.917. The third-order valence-corrected chi connectivity index (χ3v) is 2.84. The third kappa shape index (κ3) is 4.54. The van der Waals surface area contributed by atoms with Crippen molar-refractivity contribution in [1.82, 2.24) is 5.32 Å². The molecule has 3 nitrogen and oxygen atoms in total. The molecule has 1 saturated carbocycles. The van der Waals surface area contributed by atoms with Crippen molar-refractivity contribution in [3.05, 3.63) is 0 Å². The molecule has 2 atom stereocenters. The summed E-state index contributed by atoms with van der Waals surface area (Å²) in [5.41, 5.74) is 0. The summed E-state index contributed by atoms with van der Waals surface area (Å²) >= 11 is 0. The second-order valence-electron chi connectivity index (χ2n) is 5.21. The van der Waals surface area contributed by atoms with E-state index in [9.17, 15) is 4.79 Å². The standard InChI is InChI=1S/C12H23NO2/c1-8(2)15-12(14)13-11-6-9(3)5-10(4)7-11/h8-11H,5-7H2,1-4H3,(H,13,14). The van der Waals surface area contributed by atoms with Crippen LogP contribution in [-0.4, -0.2) is 18.2 Å². The van der Waals surface area contributed by atoms with Gasteiger partial charge in [0, 0.05) is 6.04 Å². The average molecular weight is 213 g/mol. The van der Waals surface area contributed by atoms with Gasteiger partial charge in [0.25, 0.3) is 0 Å². The molecule has 0 radical (unpaired) electrons. The van der Waals surface area contributed by atoms with E-state index in [2.05, 4.69) is 19.2 Å². The fourth-order valence-corrected chi connectivity index (χ4v) is 2.48. The predicted octanol–water partition coefficient (Wildman–Crippen LogP) is 2.95. The second-order valence-corrected chi connectivity index (χ2v) is 5.21. The number of hydrogen-bond donors (Lipinski definition) is 1. The maximum absolute atomic E-state index is 11.4. The Labute approximate surface area is 92.6 Å². The van der Waals surface area contributed by atoms with E-state index < -0.39 is 0 Å². The lowest BCUT2D eigenvalue weighted by Gasteiger charge is -2.31. The van der Waals surface area contributed by atoms with E-state index in [1.807, 2.05) is 13.8 Å². The molecule has 1 rings (SSSR count). The van der Waals surface area contributed by atoms with Gasteiger partial charge in [-0.05, 0) is 44.9 Å². The number of nitrogens with one attached hydrogen (secondary N) is 1. The zero-order chi connectivity index (χ0) is 11.4. The molecule has 0 aromatic rings. The lowest BCUT2D eigenvalue weighted by atomic mass is 9.80. The Morgan fingerprint density at radius 3 is 2.20 bits per heavy atom. The number of amides is 1. The van der Waals surface area contributed by atoms with Crippen molar-refractivity contribution < 1.29 is 9.53 Å². The van der Waals surface area contributed by atoms with Crippen LogP contribution in [0.3, 0.4) is 0 Å². The van der Waals surface area contributed by atoms with Gasteiger partial charge >= 0.3 is 6.09 Å². The molecule has 88 valence electrons. The van der Waals surface area contributed by atoms with E-state index in [4.69, 9.17) is 4.74 Å². The van der Waals surface area contributed by atoms with Crippen LogP contribution in [0, 0.1) is 11.8 Å². The van der Waals surface area contributed by atoms with E-state index in [1.165, 1.54) is 6.42 Å². The third-order valence-electron chi connectivity index (χ3n) is 2.84. The largest absolute Gasteiger partial charge is 0.447 e. The Morgan fingerprint density at radius 2 is 1.73 bits per heavy atom. The molecule has 0 aliphatic heterocycles. The number of carbonyl (C=O) groups is 1. The minimum Gasteiger partial charge on any atom is -0.447 e. The van der Waals surface area contributed by atoms with Crippen molar-refractivity contribution in [2.75, 3.05) is 0 Å². The van der Waals surface area contributed by atoms with Crippen molar-refractivity contribution in [2.45, 2.75) is 59.1 Å². The summed E-state index contributed by atoms with van der Waals surface area (Å²) in [4.78, 5) is 11.4. The minimum absolute atomic E-state index is 0.0385. The summed E-state index contributed by atoms with van der Waals surface area (Å²) in [5.74, 6) is 1.41. The molecular formula is C12H23NO2. The molecule has 1 aliphatic carbocycles. The highest BCUT2D eigenvalue weighted by Crippen LogP contribution is 2.28. The fourth-order valence-electron chi connectivity index (χ4n) is 2.48. The van der Waals surface area contributed by atoms with Gasteiger partial charge < -0.3 is 10.1 Å². The van der Waals surface area contributed by atoms with Gasteiger partial charge in [-0.2, -0.15) is 0 Å². The first kappa shape index (κ1) is 12.3. The van der Waals surface area contributed by atoms with Gasteiger partial charge in [-0.15, -0.1) is 0 Å². The molecule has 1 aliphatic rings. The summed E-state index contributed by atoms with van der Waals surface area (Å²) in [7, 11) is 0. The first-order valence-electron chi connectivity index (χ1n) is 5.94. The van der Waals surface area contributed by atoms with Crippen molar-refractivity contribution in [2.24, 2.45) is 11.8 Å². The molecule has 1 fully saturated rings. The molecule has 0 aromatic carbocycles. The van der Waals surface area contributed by atoms with Crippen LogP contribution in [-0.2, 0) is 4.74 Å². The van der Waals surface area contributed by atoms with Crippen molar-refractivity contribution >= 4 is 6.09 Å². The predicted molar refractivity (Wildman–Crippen MR) is 60.7 cm³/mol. The van der Waals surface area contributed by atoms with Crippen molar-refractivity contribution in [3.63, 3.8) is 0 Å². The SMILES string of the molecule is CC1CC(C)CC(NC(=O)OC(C)C)C1. The molecule has 0 spiro atoms. The van der Waals surface area contributed by atoms with Gasteiger partial charge in [0.2, 0.25) is 0 Å². The van der Waals surface area contributed by atoms with Crippen LogP contribution in [0.2, 0.25) is 0 Å². The number of rotatable bonds is 2. The van der Waals surface area contributed by atoms with Gasteiger partial charge in [-0.1, -0.05) is 13.8 Å². The van der Waals surface area contributed by atoms with Crippen molar-refractivity contribution in [1.29, 1.82) is 0 Å². The van der Waals surface area contributed by atoms with Crippen LogP contribution in [0.15, 0.2) is 0 Å². The van der Waals surface area contributed by atoms with Crippen molar-refractivity contribution in [3.8, 4) is 0 Å². The number of ether oxygens (including phenoxy) is 1. The van der Waals surface area contributed by atoms with E-state index in [0.717, 1.165) is 12.8 Å². The van der Waals surface area contributed by atoms with Crippen LogP contribution in [0.5, 0.6) is 0 Å². The summed E-state index contributed by atoms with van der Waals surface area (Å²) in [6.45, 7) is 8.23. The Morgan fingerprint density at radius 1 is 1.20 bits per heavy atom. The maximum Gasteiger partial charge on any atom is 0.407 e. The van der Waals surface area contributed by atoms with Crippen LogP contribution in [0.1, 0.15) is 47.0 Å². The van der Waals surface area contributed by atoms with Gasteiger partial charge in [0.15, 0.2) is 0 Å². The van der Waals surface area contributed by atoms with E-state index >= 15 is 0 Å². The van der Waals surface area contributed by atoms with Gasteiger partial charge in [0.1, 0.15) is 0 Å². The van der Waals surface area contributed by atoms with Crippen LogP contribution in [0.4, 0.5) is 4.79 Å². The number of carbonyl (C=O) groups excluding carboxylic acids is 1. The van der Waals surface area contributed by atoms with E-state index in [0.29, 0.717) is 17.9 Å². The Kier molecular flexibility index (Phi) is 4.43. The number of alkyl carbamates (subject to hydrolysis) is 1. The highest BCUT2D eigenvalue weighted by molar-refractivity contribution is 5.67. The summed E-state index contributed by atoms with van der Waals surface area (Å²) in [5, 5.41) is 2.95. The zero-order valence-electron chi connectivity index (χ0n) is 10.2. The zero-order valence-corrected chi connectivity index (χ0v) is 10.2. The van der Waals surface area contributed by atoms with E-state index in [1.54, 1.807) is 0 Å². The molecule has 0 heterocycles. The first-order chi connectivity index (χ1) is 6.97. The molecule has 3 heteroatoms. The molecule has 15 heavy (non-hydrogen) atoms. The second kappa shape index (κ2) is 5.38. The smallest absolute Gasteiger partial charge is 0.407 e. The first-order valence-corrected chi connectivity index (χ1v) is 5.94. The Bertz CT molecular complexity index is 206. The van der Waals surface area contributed by atoms with Crippen LogP contribution >= 0.6 is 0 Å². The molecule has 0 bridgehead atoms. The minimum atomic E-state index is -0.267. The topological polar surface area (TPSA) is 38.3 Å². The lowest BCUT2D eigenvalue weighted by Crippen LogP contribution is -2.41. The molecule has 0 aromatic heterocycles. The quantitative estimate of drug-likeness (QED) is 0.766.